The molecule has 0 spiro atoms. The van der Waals surface area contributed by atoms with Gasteiger partial charge in [0.1, 0.15) is 0 Å². The van der Waals surface area contributed by atoms with Crippen molar-refractivity contribution >= 4 is 40.7 Å². The SMILES string of the molecule is [Li].c1cnc2c(c1)ccc1cccnc12. The van der Waals surface area contributed by atoms with E-state index >= 15 is 0 Å². The van der Waals surface area contributed by atoms with Crippen LogP contribution in [0.1, 0.15) is 0 Å². The van der Waals surface area contributed by atoms with Gasteiger partial charge in [0, 0.05) is 42.0 Å². The van der Waals surface area contributed by atoms with Gasteiger partial charge in [-0.1, -0.05) is 24.3 Å². The smallest absolute Gasteiger partial charge is 0.0964 e. The van der Waals surface area contributed by atoms with E-state index in [1.807, 2.05) is 12.1 Å². The number of pyridine rings is 2. The molecule has 3 aromatic rings. The summed E-state index contributed by atoms with van der Waals surface area (Å²) in [5.41, 5.74) is 1.95. The van der Waals surface area contributed by atoms with E-state index in [1.54, 1.807) is 12.4 Å². The van der Waals surface area contributed by atoms with Crippen molar-refractivity contribution in [2.24, 2.45) is 0 Å². The minimum Gasteiger partial charge on any atom is -0.254 e. The zero-order chi connectivity index (χ0) is 9.38. The summed E-state index contributed by atoms with van der Waals surface area (Å²) in [4.78, 5) is 8.69. The Hall–Kier alpha value is -1.36. The second-order valence-corrected chi connectivity index (χ2v) is 3.22. The van der Waals surface area contributed by atoms with Crippen LogP contribution in [0.4, 0.5) is 0 Å². The van der Waals surface area contributed by atoms with Crippen molar-refractivity contribution in [3.8, 4) is 0 Å². The normalized spacial score (nSPS) is 10.1. The number of nitrogens with zero attached hydrogens (tertiary/aromatic N) is 2. The van der Waals surface area contributed by atoms with Gasteiger partial charge in [-0.15, -0.1) is 0 Å². The van der Waals surface area contributed by atoms with Gasteiger partial charge < -0.3 is 0 Å². The molecule has 0 saturated heterocycles. The Labute approximate surface area is 99.5 Å². The Bertz CT molecular complexity index is 553. The molecule has 2 aromatic heterocycles. The van der Waals surface area contributed by atoms with Gasteiger partial charge in [0.2, 0.25) is 0 Å². The largest absolute Gasteiger partial charge is 0.254 e. The molecule has 0 amide bonds. The molecule has 3 heteroatoms. The van der Waals surface area contributed by atoms with Crippen molar-refractivity contribution in [3.63, 3.8) is 0 Å². The van der Waals surface area contributed by atoms with Crippen LogP contribution < -0.4 is 0 Å². The maximum atomic E-state index is 4.35. The van der Waals surface area contributed by atoms with E-state index in [2.05, 4.69) is 34.2 Å². The van der Waals surface area contributed by atoms with Crippen LogP contribution in [0.3, 0.4) is 0 Å². The quantitative estimate of drug-likeness (QED) is 0.399. The molecule has 3 rings (SSSR count). The van der Waals surface area contributed by atoms with Crippen LogP contribution in [0.15, 0.2) is 48.8 Å². The molecule has 0 N–H and O–H groups in total. The molecule has 0 unspecified atom stereocenters. The fourth-order valence-electron chi connectivity index (χ4n) is 1.68. The number of fused-ring (bicyclic) bond motifs is 3. The van der Waals surface area contributed by atoms with Crippen LogP contribution in [-0.2, 0) is 0 Å². The molecule has 0 atom stereocenters. The van der Waals surface area contributed by atoms with Gasteiger partial charge >= 0.3 is 0 Å². The van der Waals surface area contributed by atoms with E-state index in [0.717, 1.165) is 21.8 Å². The molecule has 0 saturated carbocycles. The van der Waals surface area contributed by atoms with E-state index in [1.165, 1.54) is 0 Å². The number of hydrogen-bond acceptors (Lipinski definition) is 2. The summed E-state index contributed by atoms with van der Waals surface area (Å²) in [6, 6.07) is 12.1. The predicted molar refractivity (Wildman–Crippen MR) is 62.8 cm³/mol. The van der Waals surface area contributed by atoms with Crippen LogP contribution in [0.5, 0.6) is 0 Å². The Kier molecular flexibility index (Phi) is 2.72. The summed E-state index contributed by atoms with van der Waals surface area (Å²) < 4.78 is 0. The predicted octanol–water partition coefficient (Wildman–Crippen LogP) is 2.40. The van der Waals surface area contributed by atoms with Gasteiger partial charge in [-0.2, -0.15) is 0 Å². The van der Waals surface area contributed by atoms with Gasteiger partial charge in [-0.25, -0.2) is 0 Å². The number of benzene rings is 1. The molecule has 0 aliphatic heterocycles. The molecule has 0 fully saturated rings. The molecule has 0 bridgehead atoms. The second-order valence-electron chi connectivity index (χ2n) is 3.22. The minimum absolute atomic E-state index is 0. The van der Waals surface area contributed by atoms with Gasteiger partial charge in [0.15, 0.2) is 0 Å². The van der Waals surface area contributed by atoms with E-state index in [9.17, 15) is 0 Å². The molecule has 15 heavy (non-hydrogen) atoms. The summed E-state index contributed by atoms with van der Waals surface area (Å²) in [6.07, 6.45) is 3.60. The van der Waals surface area contributed by atoms with Crippen LogP contribution in [0.2, 0.25) is 0 Å². The van der Waals surface area contributed by atoms with Crippen molar-refractivity contribution in [1.29, 1.82) is 0 Å². The third-order valence-electron chi connectivity index (χ3n) is 2.34. The molecular formula is C12H8LiN2. The van der Waals surface area contributed by atoms with Crippen LogP contribution >= 0.6 is 0 Å². The summed E-state index contributed by atoms with van der Waals surface area (Å²) in [5, 5.41) is 2.28. The minimum atomic E-state index is 0. The molecule has 1 radical (unpaired) electrons. The average Bonchev–Trinajstić information content (AvgIpc) is 2.29. The monoisotopic (exact) mass is 187 g/mol. The second kappa shape index (κ2) is 4.02. The average molecular weight is 187 g/mol. The van der Waals surface area contributed by atoms with Crippen LogP contribution in [0, 0.1) is 0 Å². The van der Waals surface area contributed by atoms with Crippen LogP contribution in [0.25, 0.3) is 21.8 Å². The van der Waals surface area contributed by atoms with Crippen molar-refractivity contribution in [3.05, 3.63) is 48.8 Å². The molecule has 1 aromatic carbocycles. The summed E-state index contributed by atoms with van der Waals surface area (Å²) in [5.74, 6) is 0. The molecule has 2 heterocycles. The fraction of sp³-hybridized carbons (Fsp3) is 0. The number of rotatable bonds is 0. The third-order valence-corrected chi connectivity index (χ3v) is 2.34. The van der Waals surface area contributed by atoms with Crippen molar-refractivity contribution in [1.82, 2.24) is 9.97 Å². The van der Waals surface area contributed by atoms with Gasteiger partial charge in [0.05, 0.1) is 11.0 Å². The van der Waals surface area contributed by atoms with Gasteiger partial charge in [-0.3, -0.25) is 9.97 Å². The first-order valence-electron chi connectivity index (χ1n) is 4.53. The zero-order valence-corrected chi connectivity index (χ0v) is 8.51. The Morgan fingerprint density at radius 3 is 1.60 bits per heavy atom. The number of hydrogen-bond donors (Lipinski definition) is 0. The van der Waals surface area contributed by atoms with Crippen LogP contribution in [-0.4, -0.2) is 28.8 Å². The molecule has 0 aliphatic carbocycles. The Morgan fingerprint density at radius 2 is 1.13 bits per heavy atom. The maximum Gasteiger partial charge on any atom is 0.0964 e. The summed E-state index contributed by atoms with van der Waals surface area (Å²) in [6.45, 7) is 0. The van der Waals surface area contributed by atoms with Crippen molar-refractivity contribution in [2.75, 3.05) is 0 Å². The van der Waals surface area contributed by atoms with Gasteiger partial charge in [-0.05, 0) is 12.1 Å². The molecule has 2 nitrogen and oxygen atoms in total. The first-order chi connectivity index (χ1) is 6.95. The van der Waals surface area contributed by atoms with Crippen molar-refractivity contribution < 1.29 is 0 Å². The first-order valence-corrected chi connectivity index (χ1v) is 4.53. The van der Waals surface area contributed by atoms with Gasteiger partial charge in [0.25, 0.3) is 0 Å². The maximum absolute atomic E-state index is 4.35. The van der Waals surface area contributed by atoms with Crippen molar-refractivity contribution in [2.45, 2.75) is 0 Å². The molecular weight excluding hydrogens is 179 g/mol. The van der Waals surface area contributed by atoms with E-state index in [0.29, 0.717) is 0 Å². The molecule has 67 valence electrons. The number of aromatic nitrogens is 2. The Morgan fingerprint density at radius 1 is 0.667 bits per heavy atom. The summed E-state index contributed by atoms with van der Waals surface area (Å²) in [7, 11) is 0. The van der Waals surface area contributed by atoms with E-state index < -0.39 is 0 Å². The first kappa shape index (κ1) is 10.2. The third kappa shape index (κ3) is 1.63. The molecule has 0 aliphatic rings. The van der Waals surface area contributed by atoms with E-state index in [-0.39, 0.29) is 18.9 Å². The zero-order valence-electron chi connectivity index (χ0n) is 8.51. The summed E-state index contributed by atoms with van der Waals surface area (Å²) >= 11 is 0. The Balaban J connectivity index is 0.000000853. The van der Waals surface area contributed by atoms with E-state index in [4.69, 9.17) is 0 Å². The fourth-order valence-corrected chi connectivity index (χ4v) is 1.68. The standard InChI is InChI=1S/C12H8N2.Li/c1-3-9-5-6-10-4-2-8-14-12(10)11(9)13-7-1;/h1-8H;. The topological polar surface area (TPSA) is 25.8 Å².